The van der Waals surface area contributed by atoms with Crippen molar-refractivity contribution in [2.75, 3.05) is 62.1 Å². The Morgan fingerprint density at radius 1 is 0.629 bits per heavy atom. The van der Waals surface area contributed by atoms with Crippen molar-refractivity contribution in [3.05, 3.63) is 11.1 Å². The van der Waals surface area contributed by atoms with Gasteiger partial charge in [0, 0.05) is 6.42 Å². The van der Waals surface area contributed by atoms with Crippen LogP contribution in [-0.4, -0.2) is 78.6 Å². The summed E-state index contributed by atoms with van der Waals surface area (Å²) in [6.45, 7) is -0.664. The molecule has 0 saturated heterocycles. The lowest BCUT2D eigenvalue weighted by molar-refractivity contribution is 0.117. The van der Waals surface area contributed by atoms with E-state index < -0.39 is 27.9 Å². The van der Waals surface area contributed by atoms with Gasteiger partial charge >= 0.3 is 15.2 Å². The first-order valence-electron chi connectivity index (χ1n) is 9.59. The van der Waals surface area contributed by atoms with E-state index in [1.54, 1.807) is 0 Å². The van der Waals surface area contributed by atoms with Crippen LogP contribution in [0.25, 0.3) is 0 Å². The molecule has 0 amide bonds. The van der Waals surface area contributed by atoms with Crippen molar-refractivity contribution < 1.29 is 47.7 Å². The minimum atomic E-state index is -4.33. The van der Waals surface area contributed by atoms with E-state index in [2.05, 4.69) is 19.9 Å². The number of hydrogen-bond donors (Lipinski definition) is 8. The van der Waals surface area contributed by atoms with Gasteiger partial charge in [0.2, 0.25) is 23.7 Å². The molecule has 0 aromatic carbocycles. The zero-order chi connectivity index (χ0) is 26.2. The molecule has 0 aliphatic rings. The molecule has 20 heteroatoms. The van der Waals surface area contributed by atoms with Crippen molar-refractivity contribution in [1.29, 1.82) is 0 Å². The molecule has 2 aromatic rings. The van der Waals surface area contributed by atoms with Crippen molar-refractivity contribution in [1.82, 2.24) is 19.9 Å². The van der Waals surface area contributed by atoms with E-state index in [0.717, 1.165) is 0 Å². The third kappa shape index (κ3) is 10.1. The molecule has 2 aromatic heterocycles. The van der Waals surface area contributed by atoms with Gasteiger partial charge in [0.25, 0.3) is 0 Å². The van der Waals surface area contributed by atoms with E-state index in [1.165, 1.54) is 0 Å². The summed E-state index contributed by atoms with van der Waals surface area (Å²) in [5.41, 5.74) is 23.7. The lowest BCUT2D eigenvalue weighted by Crippen LogP contribution is -2.15. The van der Waals surface area contributed by atoms with E-state index in [0.29, 0.717) is 0 Å². The van der Waals surface area contributed by atoms with Crippen LogP contribution in [0.15, 0.2) is 0 Å². The van der Waals surface area contributed by atoms with Gasteiger partial charge in [-0.3, -0.25) is 9.13 Å². The number of hydrogen-bond acceptors (Lipinski definition) is 14. The lowest BCUT2D eigenvalue weighted by atomic mass is 10.1. The third-order valence-electron chi connectivity index (χ3n) is 3.84. The van der Waals surface area contributed by atoms with E-state index in [-0.39, 0.29) is 79.3 Å². The minimum absolute atomic E-state index is 0.0538. The third-order valence-corrected chi connectivity index (χ3v) is 4.88. The van der Waals surface area contributed by atoms with Crippen molar-refractivity contribution >= 4 is 38.7 Å². The van der Waals surface area contributed by atoms with Crippen LogP contribution >= 0.6 is 15.2 Å². The first kappa shape index (κ1) is 28.4. The molecule has 0 fully saturated rings. The highest BCUT2D eigenvalue weighted by atomic mass is 31.2. The maximum Gasteiger partial charge on any atom is 0.350 e. The predicted octanol–water partition coefficient (Wildman–Crippen LogP) is -1.75. The van der Waals surface area contributed by atoms with Gasteiger partial charge in [0.15, 0.2) is 0 Å². The standard InChI is InChI=1S/C15H26N8O10P2/c16-10-8(12(22-14(18)20-10)32-3-1-30-6-34(24,25)26)5-9-11(17)21-15(19)23-13(9)33-4-2-31-7-35(27,28)29/h1-7H2,(H2,24,25,26)(H2,27,28,29)(H4,16,18,20,22)(H4,17,19,21,23). The van der Waals surface area contributed by atoms with Crippen LogP contribution in [0, 0.1) is 0 Å². The smallest absolute Gasteiger partial charge is 0.350 e. The van der Waals surface area contributed by atoms with Gasteiger partial charge in [-0.25, -0.2) is 0 Å². The fourth-order valence-corrected chi connectivity index (χ4v) is 3.24. The SMILES string of the molecule is Nc1nc(N)c(Cc2c(N)nc(N)nc2OCCOCP(=O)(O)O)c(OCCOCP(=O)(O)O)n1. The molecule has 0 atom stereocenters. The van der Waals surface area contributed by atoms with Crippen LogP contribution < -0.4 is 32.4 Å². The number of nitrogens with two attached hydrogens (primary N) is 4. The van der Waals surface area contributed by atoms with Crippen molar-refractivity contribution in [3.63, 3.8) is 0 Å². The van der Waals surface area contributed by atoms with E-state index in [9.17, 15) is 9.13 Å². The lowest BCUT2D eigenvalue weighted by Gasteiger charge is -2.16. The zero-order valence-electron chi connectivity index (χ0n) is 18.2. The number of anilines is 4. The molecule has 0 bridgehead atoms. The predicted molar refractivity (Wildman–Crippen MR) is 121 cm³/mol. The molecule has 35 heavy (non-hydrogen) atoms. The molecule has 12 N–H and O–H groups in total. The highest BCUT2D eigenvalue weighted by molar-refractivity contribution is 7.51. The van der Waals surface area contributed by atoms with Gasteiger partial charge in [0.1, 0.15) is 37.5 Å². The summed E-state index contributed by atoms with van der Waals surface area (Å²) in [5.74, 6) is -0.620. The Labute approximate surface area is 198 Å². The first-order chi connectivity index (χ1) is 16.2. The maximum absolute atomic E-state index is 10.8. The Hall–Kier alpha value is -2.82. The Bertz CT molecular complexity index is 1030. The summed E-state index contributed by atoms with van der Waals surface area (Å²) in [6, 6.07) is 0. The monoisotopic (exact) mass is 540 g/mol. The first-order valence-corrected chi connectivity index (χ1v) is 13.2. The number of ether oxygens (including phenoxy) is 4. The van der Waals surface area contributed by atoms with Gasteiger partial charge in [-0.05, 0) is 0 Å². The van der Waals surface area contributed by atoms with Crippen molar-refractivity contribution in [3.8, 4) is 11.8 Å². The fourth-order valence-electron chi connectivity index (χ4n) is 2.50. The molecule has 0 aliphatic heterocycles. The molecule has 196 valence electrons. The van der Waals surface area contributed by atoms with Crippen LogP contribution in [-0.2, 0) is 25.0 Å². The molecule has 0 saturated carbocycles. The zero-order valence-corrected chi connectivity index (χ0v) is 20.0. The van der Waals surface area contributed by atoms with Crippen LogP contribution in [0.2, 0.25) is 0 Å². The number of aromatic nitrogens is 4. The second-order valence-corrected chi connectivity index (χ2v) is 9.95. The minimum Gasteiger partial charge on any atom is -0.475 e. The Morgan fingerprint density at radius 2 is 1.00 bits per heavy atom. The summed E-state index contributed by atoms with van der Waals surface area (Å²) in [6.07, 6.45) is -1.67. The van der Waals surface area contributed by atoms with E-state index in [4.69, 9.17) is 61.5 Å². The summed E-state index contributed by atoms with van der Waals surface area (Å²) < 4.78 is 42.4. The maximum atomic E-state index is 10.8. The molecule has 2 heterocycles. The topological polar surface area (TPSA) is 308 Å². The average Bonchev–Trinajstić information content (AvgIpc) is 2.69. The Balaban J connectivity index is 2.17. The summed E-state index contributed by atoms with van der Waals surface area (Å²) in [7, 11) is -8.66. The van der Waals surface area contributed by atoms with Gasteiger partial charge in [-0.15, -0.1) is 0 Å². The summed E-state index contributed by atoms with van der Waals surface area (Å²) in [4.78, 5) is 51.0. The highest BCUT2D eigenvalue weighted by Crippen LogP contribution is 2.35. The van der Waals surface area contributed by atoms with Crippen molar-refractivity contribution in [2.24, 2.45) is 0 Å². The number of nitrogens with zero attached hydrogens (tertiary/aromatic N) is 4. The van der Waals surface area contributed by atoms with E-state index >= 15 is 0 Å². The Morgan fingerprint density at radius 3 is 1.34 bits per heavy atom. The van der Waals surface area contributed by atoms with Gasteiger partial charge < -0.3 is 61.5 Å². The summed E-state index contributed by atoms with van der Waals surface area (Å²) in [5, 5.41) is 0. The largest absolute Gasteiger partial charge is 0.475 e. The normalized spacial score (nSPS) is 12.0. The quantitative estimate of drug-likeness (QED) is 0.0972. The fraction of sp³-hybridized carbons (Fsp3) is 0.467. The van der Waals surface area contributed by atoms with Crippen LogP contribution in [0.1, 0.15) is 11.1 Å². The second-order valence-electron chi connectivity index (χ2n) is 6.78. The molecular weight excluding hydrogens is 514 g/mol. The molecule has 0 spiro atoms. The molecule has 2 rings (SSSR count). The molecule has 0 aliphatic carbocycles. The van der Waals surface area contributed by atoms with Gasteiger partial charge in [-0.2, -0.15) is 19.9 Å². The summed E-state index contributed by atoms with van der Waals surface area (Å²) >= 11 is 0. The number of rotatable bonds is 14. The van der Waals surface area contributed by atoms with E-state index in [1.807, 2.05) is 0 Å². The average molecular weight is 540 g/mol. The second kappa shape index (κ2) is 12.2. The van der Waals surface area contributed by atoms with Gasteiger partial charge in [0.05, 0.1) is 24.3 Å². The molecule has 0 unspecified atom stereocenters. The molecular formula is C15H26N8O10P2. The molecule has 0 radical (unpaired) electrons. The highest BCUT2D eigenvalue weighted by Gasteiger charge is 2.21. The number of nitrogen functional groups attached to an aromatic ring is 4. The Kier molecular flexibility index (Phi) is 9.93. The molecule has 18 nitrogen and oxygen atoms in total. The van der Waals surface area contributed by atoms with Crippen LogP contribution in [0.3, 0.4) is 0 Å². The van der Waals surface area contributed by atoms with Crippen molar-refractivity contribution in [2.45, 2.75) is 6.42 Å². The van der Waals surface area contributed by atoms with Crippen LogP contribution in [0.5, 0.6) is 11.8 Å². The van der Waals surface area contributed by atoms with Crippen LogP contribution in [0.4, 0.5) is 23.5 Å². The van der Waals surface area contributed by atoms with Gasteiger partial charge in [-0.1, -0.05) is 0 Å².